The Morgan fingerprint density at radius 2 is 2.35 bits per heavy atom. The number of nitrogens with one attached hydrogen (secondary N) is 1. The topological polar surface area (TPSA) is 42.0 Å². The maximum absolute atomic E-state index is 11.9. The second-order valence-electron chi connectivity index (χ2n) is 4.49. The molecule has 3 nitrogen and oxygen atoms in total. The van der Waals surface area contributed by atoms with E-state index in [2.05, 4.69) is 10.3 Å². The molecular weight excluding hydrogens is 232 g/mol. The summed E-state index contributed by atoms with van der Waals surface area (Å²) in [4.78, 5) is 16.4. The monoisotopic (exact) mass is 246 g/mol. The molecule has 0 unspecified atom stereocenters. The summed E-state index contributed by atoms with van der Waals surface area (Å²) in [7, 11) is 0. The number of fused-ring (bicyclic) bond motifs is 1. The van der Waals surface area contributed by atoms with Gasteiger partial charge in [0.05, 0.1) is 21.8 Å². The van der Waals surface area contributed by atoms with Gasteiger partial charge in [0, 0.05) is 11.6 Å². The van der Waals surface area contributed by atoms with Gasteiger partial charge in [0.2, 0.25) is 0 Å². The minimum atomic E-state index is 0.157. The summed E-state index contributed by atoms with van der Waals surface area (Å²) in [6.45, 7) is 2.43. The van der Waals surface area contributed by atoms with Crippen LogP contribution in [0.2, 0.25) is 0 Å². The van der Waals surface area contributed by atoms with Crippen molar-refractivity contribution in [2.75, 3.05) is 6.54 Å². The summed E-state index contributed by atoms with van der Waals surface area (Å²) in [5.41, 5.74) is 1.70. The zero-order chi connectivity index (χ0) is 11.8. The van der Waals surface area contributed by atoms with Crippen LogP contribution in [0.15, 0.2) is 18.2 Å². The highest BCUT2D eigenvalue weighted by molar-refractivity contribution is 7.18. The summed E-state index contributed by atoms with van der Waals surface area (Å²) in [6, 6.07) is 6.36. The van der Waals surface area contributed by atoms with Gasteiger partial charge in [-0.1, -0.05) is 0 Å². The Hall–Kier alpha value is -1.26. The number of carbonyl (C=O) groups excluding carboxylic acids is 1. The lowest BCUT2D eigenvalue weighted by Crippen LogP contribution is -2.24. The van der Waals surface area contributed by atoms with Gasteiger partial charge in [-0.2, -0.15) is 0 Å². The van der Waals surface area contributed by atoms with Crippen molar-refractivity contribution in [3.05, 3.63) is 28.8 Å². The molecule has 4 heteroatoms. The number of hydrogen-bond acceptors (Lipinski definition) is 4. The zero-order valence-corrected chi connectivity index (χ0v) is 10.5. The molecule has 1 aromatic carbocycles. The van der Waals surface area contributed by atoms with Crippen LogP contribution in [-0.2, 0) is 0 Å². The molecule has 0 saturated heterocycles. The van der Waals surface area contributed by atoms with E-state index in [-0.39, 0.29) is 5.78 Å². The molecule has 2 aromatic rings. The lowest BCUT2D eigenvalue weighted by atomic mass is 10.1. The van der Waals surface area contributed by atoms with E-state index in [9.17, 15) is 4.79 Å². The second kappa shape index (κ2) is 4.20. The minimum Gasteiger partial charge on any atom is -0.307 e. The number of aryl methyl sites for hydroxylation is 1. The molecule has 1 saturated carbocycles. The van der Waals surface area contributed by atoms with E-state index in [1.807, 2.05) is 25.1 Å². The highest BCUT2D eigenvalue weighted by Crippen LogP contribution is 2.23. The molecule has 0 aliphatic heterocycles. The minimum absolute atomic E-state index is 0.157. The maximum Gasteiger partial charge on any atom is 0.176 e. The van der Waals surface area contributed by atoms with E-state index in [4.69, 9.17) is 0 Å². The molecule has 1 fully saturated rings. The summed E-state index contributed by atoms with van der Waals surface area (Å²) >= 11 is 1.66. The van der Waals surface area contributed by atoms with Crippen LogP contribution in [0.1, 0.15) is 28.2 Å². The third kappa shape index (κ3) is 2.37. The van der Waals surface area contributed by atoms with Crippen molar-refractivity contribution >= 4 is 27.3 Å². The Labute approximate surface area is 104 Å². The normalized spacial score (nSPS) is 15.4. The van der Waals surface area contributed by atoms with Crippen molar-refractivity contribution in [2.45, 2.75) is 25.8 Å². The Morgan fingerprint density at radius 3 is 3.12 bits per heavy atom. The molecule has 1 aromatic heterocycles. The number of aromatic nitrogens is 1. The Kier molecular flexibility index (Phi) is 2.68. The summed E-state index contributed by atoms with van der Waals surface area (Å²) < 4.78 is 1.15. The van der Waals surface area contributed by atoms with Gasteiger partial charge in [-0.05, 0) is 38.0 Å². The highest BCUT2D eigenvalue weighted by atomic mass is 32.1. The van der Waals surface area contributed by atoms with Crippen molar-refractivity contribution in [3.63, 3.8) is 0 Å². The van der Waals surface area contributed by atoms with E-state index in [0.717, 1.165) is 20.8 Å². The first kappa shape index (κ1) is 10.9. The van der Waals surface area contributed by atoms with Gasteiger partial charge in [0.25, 0.3) is 0 Å². The molecule has 1 heterocycles. The van der Waals surface area contributed by atoms with Crippen LogP contribution >= 0.6 is 11.3 Å². The third-order valence-corrected chi connectivity index (χ3v) is 3.90. The Morgan fingerprint density at radius 1 is 1.53 bits per heavy atom. The number of benzene rings is 1. The molecule has 0 atom stereocenters. The lowest BCUT2D eigenvalue weighted by molar-refractivity contribution is 0.0990. The Bertz CT molecular complexity index is 572. The lowest BCUT2D eigenvalue weighted by Gasteiger charge is -2.02. The van der Waals surface area contributed by atoms with E-state index >= 15 is 0 Å². The molecule has 0 spiro atoms. The number of hydrogen-bond donors (Lipinski definition) is 1. The third-order valence-electron chi connectivity index (χ3n) is 2.95. The molecule has 1 aliphatic rings. The number of thiazole rings is 1. The van der Waals surface area contributed by atoms with E-state index in [1.165, 1.54) is 12.8 Å². The van der Waals surface area contributed by atoms with E-state index in [1.54, 1.807) is 11.3 Å². The standard InChI is InChI=1S/C13H14N2OS/c1-8-15-11-6-9(2-5-13(11)17-8)12(16)7-14-10-3-4-10/h2,5-6,10,14H,3-4,7H2,1H3. The van der Waals surface area contributed by atoms with Gasteiger partial charge in [0.1, 0.15) is 0 Å². The molecule has 0 bridgehead atoms. The number of nitrogens with zero attached hydrogens (tertiary/aromatic N) is 1. The van der Waals surface area contributed by atoms with E-state index < -0.39 is 0 Å². The second-order valence-corrected chi connectivity index (χ2v) is 5.73. The smallest absolute Gasteiger partial charge is 0.176 e. The molecule has 1 N–H and O–H groups in total. The highest BCUT2D eigenvalue weighted by Gasteiger charge is 2.21. The van der Waals surface area contributed by atoms with Crippen LogP contribution in [0.4, 0.5) is 0 Å². The van der Waals surface area contributed by atoms with Crippen LogP contribution in [0, 0.1) is 6.92 Å². The molecule has 0 amide bonds. The SMILES string of the molecule is Cc1nc2cc(C(=O)CNC3CC3)ccc2s1. The fourth-order valence-corrected chi connectivity index (χ4v) is 2.65. The predicted octanol–water partition coefficient (Wildman–Crippen LogP) is 2.54. The van der Waals surface area contributed by atoms with Gasteiger partial charge < -0.3 is 5.32 Å². The van der Waals surface area contributed by atoms with Gasteiger partial charge in [-0.15, -0.1) is 11.3 Å². The fourth-order valence-electron chi connectivity index (χ4n) is 1.84. The first-order chi connectivity index (χ1) is 8.22. The predicted molar refractivity (Wildman–Crippen MR) is 69.7 cm³/mol. The van der Waals surface area contributed by atoms with Crippen LogP contribution in [0.25, 0.3) is 10.2 Å². The Balaban J connectivity index is 1.80. The first-order valence-electron chi connectivity index (χ1n) is 5.86. The maximum atomic E-state index is 11.9. The average Bonchev–Trinajstić information content (AvgIpc) is 3.06. The van der Waals surface area contributed by atoms with Crippen molar-refractivity contribution in [1.82, 2.24) is 10.3 Å². The van der Waals surface area contributed by atoms with Crippen LogP contribution in [0.3, 0.4) is 0 Å². The van der Waals surface area contributed by atoms with Crippen molar-refractivity contribution in [1.29, 1.82) is 0 Å². The molecule has 1 aliphatic carbocycles. The molecule has 0 radical (unpaired) electrons. The molecule has 3 rings (SSSR count). The van der Waals surface area contributed by atoms with Crippen LogP contribution in [-0.4, -0.2) is 23.4 Å². The number of ketones is 1. The molecule has 88 valence electrons. The largest absolute Gasteiger partial charge is 0.307 e. The van der Waals surface area contributed by atoms with Crippen molar-refractivity contribution < 1.29 is 4.79 Å². The quantitative estimate of drug-likeness (QED) is 0.843. The van der Waals surface area contributed by atoms with Gasteiger partial charge >= 0.3 is 0 Å². The van der Waals surface area contributed by atoms with Crippen LogP contribution in [0.5, 0.6) is 0 Å². The number of carbonyl (C=O) groups is 1. The van der Waals surface area contributed by atoms with Gasteiger partial charge in [-0.25, -0.2) is 4.98 Å². The van der Waals surface area contributed by atoms with Crippen LogP contribution < -0.4 is 5.32 Å². The fraction of sp³-hybridized carbons (Fsp3) is 0.385. The van der Waals surface area contributed by atoms with Gasteiger partial charge in [0.15, 0.2) is 5.78 Å². The average molecular weight is 246 g/mol. The van der Waals surface area contributed by atoms with Gasteiger partial charge in [-0.3, -0.25) is 4.79 Å². The first-order valence-corrected chi connectivity index (χ1v) is 6.68. The number of Topliss-reactive ketones (excluding diaryl/α,β-unsaturated/α-hetero) is 1. The number of rotatable bonds is 4. The van der Waals surface area contributed by atoms with Crippen molar-refractivity contribution in [3.8, 4) is 0 Å². The van der Waals surface area contributed by atoms with E-state index in [0.29, 0.717) is 12.6 Å². The summed E-state index contributed by atoms with van der Waals surface area (Å²) in [5, 5.41) is 4.28. The summed E-state index contributed by atoms with van der Waals surface area (Å²) in [5.74, 6) is 0.157. The summed E-state index contributed by atoms with van der Waals surface area (Å²) in [6.07, 6.45) is 2.41. The van der Waals surface area contributed by atoms with Crippen molar-refractivity contribution in [2.24, 2.45) is 0 Å². The molecule has 17 heavy (non-hydrogen) atoms. The zero-order valence-electron chi connectivity index (χ0n) is 9.69. The molecular formula is C13H14N2OS.